The third-order valence-corrected chi connectivity index (χ3v) is 4.80. The van der Waals surface area contributed by atoms with Crippen molar-refractivity contribution in [2.45, 2.75) is 31.8 Å². The van der Waals surface area contributed by atoms with Crippen LogP contribution in [0.25, 0.3) is 11.0 Å². The lowest BCUT2D eigenvalue weighted by molar-refractivity contribution is -0.130. The molecule has 2 bridgehead atoms. The average Bonchev–Trinajstić information content (AvgIpc) is 2.97. The molecule has 1 amide bonds. The zero-order valence-corrected chi connectivity index (χ0v) is 11.9. The molecule has 2 aromatic rings. The van der Waals surface area contributed by atoms with E-state index in [1.54, 1.807) is 6.20 Å². The fourth-order valence-electron chi connectivity index (χ4n) is 3.57. The van der Waals surface area contributed by atoms with Gasteiger partial charge in [-0.05, 0) is 50.4 Å². The van der Waals surface area contributed by atoms with Gasteiger partial charge in [0.25, 0.3) is 0 Å². The van der Waals surface area contributed by atoms with Crippen LogP contribution in [0.3, 0.4) is 0 Å². The first-order valence-corrected chi connectivity index (χ1v) is 7.61. The number of carbonyl (C=O) groups excluding carboxylic acids is 1. The number of aromatic nitrogens is 3. The minimum absolute atomic E-state index is 0.0600. The number of pyridine rings is 1. The molecule has 0 aliphatic carbocycles. The van der Waals surface area contributed by atoms with Gasteiger partial charge in [0.2, 0.25) is 5.91 Å². The molecule has 1 atom stereocenters. The van der Waals surface area contributed by atoms with E-state index in [0.29, 0.717) is 12.2 Å². The van der Waals surface area contributed by atoms with Crippen LogP contribution in [0.15, 0.2) is 18.3 Å². The molecular formula is C15H19N5O. The molecule has 0 saturated carbocycles. The van der Waals surface area contributed by atoms with Crippen LogP contribution in [0.1, 0.15) is 25.0 Å². The predicted molar refractivity (Wildman–Crippen MR) is 78.4 cm³/mol. The lowest BCUT2D eigenvalue weighted by atomic mass is 9.83. The van der Waals surface area contributed by atoms with Gasteiger partial charge >= 0.3 is 0 Å². The summed E-state index contributed by atoms with van der Waals surface area (Å²) < 4.78 is 0. The largest absolute Gasteiger partial charge is 0.349 e. The Morgan fingerprint density at radius 3 is 3.05 bits per heavy atom. The Bertz CT molecular complexity index is 659. The number of piperidine rings is 3. The van der Waals surface area contributed by atoms with Crippen molar-refractivity contribution in [2.24, 2.45) is 5.92 Å². The van der Waals surface area contributed by atoms with Crippen molar-refractivity contribution in [1.29, 1.82) is 0 Å². The highest BCUT2D eigenvalue weighted by Gasteiger charge is 2.37. The maximum absolute atomic E-state index is 12.4. The van der Waals surface area contributed by atoms with E-state index >= 15 is 0 Å². The first-order valence-electron chi connectivity index (χ1n) is 7.61. The highest BCUT2D eigenvalue weighted by Crippen LogP contribution is 2.31. The molecule has 6 nitrogen and oxygen atoms in total. The van der Waals surface area contributed by atoms with E-state index < -0.39 is 0 Å². The van der Waals surface area contributed by atoms with Crippen molar-refractivity contribution in [3.63, 3.8) is 0 Å². The number of amides is 1. The first-order chi connectivity index (χ1) is 10.3. The Labute approximate surface area is 122 Å². The molecule has 5 rings (SSSR count). The molecule has 2 aromatic heterocycles. The monoisotopic (exact) mass is 285 g/mol. The van der Waals surface area contributed by atoms with Gasteiger partial charge in [-0.3, -0.25) is 14.8 Å². The molecule has 110 valence electrons. The SMILES string of the molecule is O=C(NCc1[nH]nc2ncccc12)C1CC2CCN1CC2. The molecule has 0 spiro atoms. The molecule has 3 saturated heterocycles. The Hall–Kier alpha value is -1.95. The van der Waals surface area contributed by atoms with Gasteiger partial charge in [0.05, 0.1) is 18.3 Å². The quantitative estimate of drug-likeness (QED) is 0.884. The number of aromatic amines is 1. The van der Waals surface area contributed by atoms with Gasteiger partial charge in [-0.15, -0.1) is 0 Å². The Balaban J connectivity index is 1.43. The fourth-order valence-corrected chi connectivity index (χ4v) is 3.57. The van der Waals surface area contributed by atoms with Gasteiger partial charge in [0.15, 0.2) is 5.65 Å². The van der Waals surface area contributed by atoms with Gasteiger partial charge < -0.3 is 5.32 Å². The van der Waals surface area contributed by atoms with E-state index in [1.807, 2.05) is 12.1 Å². The lowest BCUT2D eigenvalue weighted by Gasteiger charge is -2.44. The summed E-state index contributed by atoms with van der Waals surface area (Å²) in [4.78, 5) is 18.9. The summed E-state index contributed by atoms with van der Waals surface area (Å²) in [7, 11) is 0. The predicted octanol–water partition coefficient (Wildman–Crippen LogP) is 1.06. The van der Waals surface area contributed by atoms with Crippen molar-refractivity contribution in [3.8, 4) is 0 Å². The maximum atomic E-state index is 12.4. The fraction of sp³-hybridized carbons (Fsp3) is 0.533. The number of H-pyrrole nitrogens is 1. The van der Waals surface area contributed by atoms with Crippen molar-refractivity contribution < 1.29 is 4.79 Å². The summed E-state index contributed by atoms with van der Waals surface area (Å²) >= 11 is 0. The van der Waals surface area contributed by atoms with Crippen molar-refractivity contribution in [2.75, 3.05) is 13.1 Å². The highest BCUT2D eigenvalue weighted by molar-refractivity contribution is 5.83. The lowest BCUT2D eigenvalue weighted by Crippen LogP contribution is -2.55. The van der Waals surface area contributed by atoms with E-state index in [1.165, 1.54) is 12.8 Å². The van der Waals surface area contributed by atoms with E-state index in [9.17, 15) is 4.79 Å². The molecule has 0 aromatic carbocycles. The molecule has 1 unspecified atom stereocenters. The molecule has 3 aliphatic heterocycles. The van der Waals surface area contributed by atoms with Gasteiger partial charge in [-0.2, -0.15) is 5.10 Å². The van der Waals surface area contributed by atoms with Gasteiger partial charge in [-0.25, -0.2) is 4.98 Å². The van der Waals surface area contributed by atoms with E-state index in [4.69, 9.17) is 0 Å². The number of hydrogen-bond donors (Lipinski definition) is 2. The van der Waals surface area contributed by atoms with E-state index in [2.05, 4.69) is 25.4 Å². The summed E-state index contributed by atoms with van der Waals surface area (Å²) in [5.74, 6) is 0.883. The third-order valence-electron chi connectivity index (χ3n) is 4.80. The molecule has 3 fully saturated rings. The smallest absolute Gasteiger partial charge is 0.237 e. The summed E-state index contributed by atoms with van der Waals surface area (Å²) in [6, 6.07) is 3.92. The molecule has 6 heteroatoms. The highest BCUT2D eigenvalue weighted by atomic mass is 16.2. The minimum Gasteiger partial charge on any atom is -0.349 e. The maximum Gasteiger partial charge on any atom is 0.237 e. The second-order valence-corrected chi connectivity index (χ2v) is 6.03. The van der Waals surface area contributed by atoms with Crippen molar-refractivity contribution >= 4 is 16.9 Å². The van der Waals surface area contributed by atoms with Gasteiger partial charge in [-0.1, -0.05) is 0 Å². The van der Waals surface area contributed by atoms with Crippen molar-refractivity contribution in [3.05, 3.63) is 24.0 Å². The first kappa shape index (κ1) is 12.8. The zero-order valence-electron chi connectivity index (χ0n) is 11.9. The molecular weight excluding hydrogens is 266 g/mol. The van der Waals surface area contributed by atoms with Gasteiger partial charge in [0, 0.05) is 11.6 Å². The molecule has 21 heavy (non-hydrogen) atoms. The van der Waals surface area contributed by atoms with Crippen LogP contribution in [0.4, 0.5) is 0 Å². The molecule has 0 radical (unpaired) electrons. The third kappa shape index (κ3) is 2.29. The minimum atomic E-state index is 0.0600. The summed E-state index contributed by atoms with van der Waals surface area (Å²) in [6.45, 7) is 2.62. The molecule has 5 heterocycles. The normalized spacial score (nSPS) is 27.9. The van der Waals surface area contributed by atoms with Crippen LogP contribution in [-0.4, -0.2) is 45.1 Å². The number of nitrogens with one attached hydrogen (secondary N) is 2. The average molecular weight is 285 g/mol. The Morgan fingerprint density at radius 2 is 2.29 bits per heavy atom. The van der Waals surface area contributed by atoms with Crippen LogP contribution >= 0.6 is 0 Å². The second-order valence-electron chi connectivity index (χ2n) is 6.03. The Morgan fingerprint density at radius 1 is 1.43 bits per heavy atom. The number of hydrogen-bond acceptors (Lipinski definition) is 4. The Kier molecular flexibility index (Phi) is 3.11. The number of rotatable bonds is 3. The van der Waals surface area contributed by atoms with Crippen molar-refractivity contribution in [1.82, 2.24) is 25.4 Å². The summed E-state index contributed by atoms with van der Waals surface area (Å²) in [5.41, 5.74) is 1.62. The molecule has 3 aliphatic rings. The van der Waals surface area contributed by atoms with Crippen LogP contribution in [0, 0.1) is 5.92 Å². The second kappa shape index (κ2) is 5.11. The number of carbonyl (C=O) groups is 1. The molecule has 2 N–H and O–H groups in total. The summed E-state index contributed by atoms with van der Waals surface area (Å²) in [5, 5.41) is 11.1. The van der Waals surface area contributed by atoms with Crippen LogP contribution < -0.4 is 5.32 Å². The standard InChI is InChI=1S/C15H19N5O/c21-15(13-8-10-3-6-20(13)7-4-10)17-9-12-11-2-1-5-16-14(11)19-18-12/h1-2,5,10,13H,3-4,6-9H2,(H,17,21)(H,16,18,19). The van der Waals surface area contributed by atoms with E-state index in [0.717, 1.165) is 36.5 Å². The van der Waals surface area contributed by atoms with Crippen LogP contribution in [0.5, 0.6) is 0 Å². The topological polar surface area (TPSA) is 73.9 Å². The van der Waals surface area contributed by atoms with Crippen LogP contribution in [0.2, 0.25) is 0 Å². The van der Waals surface area contributed by atoms with E-state index in [-0.39, 0.29) is 11.9 Å². The number of nitrogens with zero attached hydrogens (tertiary/aromatic N) is 3. The van der Waals surface area contributed by atoms with Gasteiger partial charge in [0.1, 0.15) is 0 Å². The zero-order chi connectivity index (χ0) is 14.2. The number of fused-ring (bicyclic) bond motifs is 4. The summed E-state index contributed by atoms with van der Waals surface area (Å²) in [6.07, 6.45) is 5.23. The van der Waals surface area contributed by atoms with Crippen LogP contribution in [-0.2, 0) is 11.3 Å².